The Bertz CT molecular complexity index is 668. The smallest absolute Gasteiger partial charge is 0.247 e. The number of halogens is 1. The average molecular weight is 377 g/mol. The fraction of sp³-hybridized carbons (Fsp3) is 0.625. The monoisotopic (exact) mass is 376 g/mol. The Hall–Kier alpha value is -0.860. The van der Waals surface area contributed by atoms with E-state index in [2.05, 4.69) is 5.32 Å². The van der Waals surface area contributed by atoms with E-state index in [0.29, 0.717) is 30.5 Å². The highest BCUT2D eigenvalue weighted by molar-refractivity contribution is 7.89. The first-order valence-corrected chi connectivity index (χ1v) is 9.79. The van der Waals surface area contributed by atoms with Crippen LogP contribution in [-0.4, -0.2) is 57.7 Å². The summed E-state index contributed by atoms with van der Waals surface area (Å²) in [6, 6.07) is 4.58. The summed E-state index contributed by atoms with van der Waals surface area (Å²) in [6.07, 6.45) is -0.274. The van der Waals surface area contributed by atoms with Crippen molar-refractivity contribution >= 4 is 21.6 Å². The Morgan fingerprint density at radius 3 is 2.79 bits per heavy atom. The van der Waals surface area contributed by atoms with E-state index in [0.717, 1.165) is 0 Å². The third-order valence-electron chi connectivity index (χ3n) is 4.20. The van der Waals surface area contributed by atoms with Gasteiger partial charge < -0.3 is 14.8 Å². The van der Waals surface area contributed by atoms with E-state index in [1.54, 1.807) is 19.2 Å². The number of nitrogens with zero attached hydrogens (tertiary/aromatic N) is 1. The van der Waals surface area contributed by atoms with E-state index >= 15 is 0 Å². The summed E-state index contributed by atoms with van der Waals surface area (Å²) in [7, 11) is -2.14. The van der Waals surface area contributed by atoms with Gasteiger partial charge in [0.05, 0.1) is 6.61 Å². The summed E-state index contributed by atoms with van der Waals surface area (Å²) in [5.41, 5.74) is 0. The summed E-state index contributed by atoms with van der Waals surface area (Å²) >= 11 is 6.05. The van der Waals surface area contributed by atoms with Gasteiger partial charge in [0.2, 0.25) is 10.0 Å². The van der Waals surface area contributed by atoms with Gasteiger partial charge in [-0.25, -0.2) is 8.42 Å². The molecule has 0 spiro atoms. The molecule has 0 saturated carbocycles. The Labute approximate surface area is 149 Å². The topological polar surface area (TPSA) is 67.9 Å². The van der Waals surface area contributed by atoms with Crippen LogP contribution in [0.25, 0.3) is 0 Å². The minimum absolute atomic E-state index is 0.0736. The maximum Gasteiger partial charge on any atom is 0.247 e. The summed E-state index contributed by atoms with van der Waals surface area (Å²) in [6.45, 7) is 7.08. The van der Waals surface area contributed by atoms with Crippen LogP contribution in [0.3, 0.4) is 0 Å². The zero-order valence-corrected chi connectivity index (χ0v) is 16.0. The van der Waals surface area contributed by atoms with Crippen LogP contribution in [0.2, 0.25) is 5.02 Å². The second kappa shape index (κ2) is 8.01. The number of rotatable bonds is 6. The molecule has 136 valence electrons. The van der Waals surface area contributed by atoms with Gasteiger partial charge in [0, 0.05) is 37.3 Å². The average Bonchev–Trinajstić information content (AvgIpc) is 2.51. The van der Waals surface area contributed by atoms with Gasteiger partial charge in [0.1, 0.15) is 16.7 Å². The molecule has 0 radical (unpaired) electrons. The van der Waals surface area contributed by atoms with E-state index in [1.165, 1.54) is 10.4 Å². The molecule has 0 amide bonds. The lowest BCUT2D eigenvalue weighted by Crippen LogP contribution is -2.57. The maximum absolute atomic E-state index is 13.2. The zero-order valence-electron chi connectivity index (χ0n) is 14.5. The normalized spacial score (nSPS) is 23.9. The van der Waals surface area contributed by atoms with Crippen molar-refractivity contribution < 1.29 is 17.9 Å². The molecule has 1 aliphatic rings. The number of benzene rings is 1. The van der Waals surface area contributed by atoms with Crippen LogP contribution in [0.15, 0.2) is 23.1 Å². The Balaban J connectivity index is 2.39. The molecule has 1 heterocycles. The minimum Gasteiger partial charge on any atom is -0.487 e. The fourth-order valence-corrected chi connectivity index (χ4v) is 4.85. The van der Waals surface area contributed by atoms with Crippen molar-refractivity contribution in [2.45, 2.75) is 43.9 Å². The van der Waals surface area contributed by atoms with Crippen molar-refractivity contribution in [3.8, 4) is 5.75 Å². The lowest BCUT2D eigenvalue weighted by atomic mass is 10.1. The molecular formula is C16H25ClN2O4S. The highest BCUT2D eigenvalue weighted by Crippen LogP contribution is 2.32. The van der Waals surface area contributed by atoms with Gasteiger partial charge in [-0.2, -0.15) is 4.31 Å². The van der Waals surface area contributed by atoms with Crippen molar-refractivity contribution in [1.29, 1.82) is 0 Å². The van der Waals surface area contributed by atoms with E-state index in [9.17, 15) is 8.42 Å². The van der Waals surface area contributed by atoms with Crippen LogP contribution in [0.1, 0.15) is 20.8 Å². The standard InChI is InChI=1S/C16H25ClN2O4S/c1-11(10-22-4)23-15-6-5-14(17)9-16(15)24(20,21)19-8-7-18-12(2)13(19)3/h5-6,9,11-13,18H,7-8,10H2,1-4H3. The molecule has 0 aromatic heterocycles. The molecule has 0 aliphatic carbocycles. The van der Waals surface area contributed by atoms with E-state index in [1.807, 2.05) is 20.8 Å². The lowest BCUT2D eigenvalue weighted by Gasteiger charge is -2.37. The predicted molar refractivity (Wildman–Crippen MR) is 94.2 cm³/mol. The third kappa shape index (κ3) is 4.21. The quantitative estimate of drug-likeness (QED) is 0.823. The molecule has 8 heteroatoms. The molecule has 1 N–H and O–H groups in total. The first-order chi connectivity index (χ1) is 11.3. The lowest BCUT2D eigenvalue weighted by molar-refractivity contribution is 0.0899. The van der Waals surface area contributed by atoms with Crippen molar-refractivity contribution in [1.82, 2.24) is 9.62 Å². The largest absolute Gasteiger partial charge is 0.487 e. The van der Waals surface area contributed by atoms with Gasteiger partial charge in [-0.3, -0.25) is 0 Å². The molecule has 1 aromatic carbocycles. The van der Waals surface area contributed by atoms with E-state index in [4.69, 9.17) is 21.1 Å². The minimum atomic E-state index is -3.71. The molecule has 6 nitrogen and oxygen atoms in total. The van der Waals surface area contributed by atoms with Gasteiger partial charge in [-0.05, 0) is 39.0 Å². The zero-order chi connectivity index (χ0) is 17.9. The van der Waals surface area contributed by atoms with Crippen LogP contribution in [0, 0.1) is 0 Å². The molecule has 1 fully saturated rings. The molecular weight excluding hydrogens is 352 g/mol. The van der Waals surface area contributed by atoms with Gasteiger partial charge in [-0.1, -0.05) is 11.6 Å². The number of sulfonamides is 1. The van der Waals surface area contributed by atoms with E-state index in [-0.39, 0.29) is 23.1 Å². The van der Waals surface area contributed by atoms with Crippen molar-refractivity contribution in [2.24, 2.45) is 0 Å². The first kappa shape index (κ1) is 19.5. The summed E-state index contributed by atoms with van der Waals surface area (Å²) in [4.78, 5) is 0.0962. The molecule has 0 bridgehead atoms. The molecule has 1 saturated heterocycles. The SMILES string of the molecule is COCC(C)Oc1ccc(Cl)cc1S(=O)(=O)N1CCNC(C)C1C. The Morgan fingerprint density at radius 1 is 1.42 bits per heavy atom. The number of ether oxygens (including phenoxy) is 2. The second-order valence-electron chi connectivity index (χ2n) is 6.07. The van der Waals surface area contributed by atoms with Crippen LogP contribution in [-0.2, 0) is 14.8 Å². The molecule has 24 heavy (non-hydrogen) atoms. The molecule has 3 atom stereocenters. The third-order valence-corrected chi connectivity index (χ3v) is 6.44. The maximum atomic E-state index is 13.2. The van der Waals surface area contributed by atoms with Crippen molar-refractivity contribution in [2.75, 3.05) is 26.8 Å². The predicted octanol–water partition coefficient (Wildman–Crippen LogP) is 2.12. The number of piperazine rings is 1. The van der Waals surface area contributed by atoms with Gasteiger partial charge in [0.25, 0.3) is 0 Å². The molecule has 1 aromatic rings. The second-order valence-corrected chi connectivity index (χ2v) is 8.37. The van der Waals surface area contributed by atoms with E-state index < -0.39 is 10.0 Å². The van der Waals surface area contributed by atoms with Crippen molar-refractivity contribution in [3.05, 3.63) is 23.2 Å². The van der Waals surface area contributed by atoms with Crippen LogP contribution in [0.4, 0.5) is 0 Å². The first-order valence-electron chi connectivity index (χ1n) is 7.97. The molecule has 3 unspecified atom stereocenters. The number of methoxy groups -OCH3 is 1. The Kier molecular flexibility index (Phi) is 6.50. The highest BCUT2D eigenvalue weighted by atomic mass is 35.5. The summed E-state index contributed by atoms with van der Waals surface area (Å²) in [5, 5.41) is 3.64. The summed E-state index contributed by atoms with van der Waals surface area (Å²) < 4.78 is 38.7. The molecule has 2 rings (SSSR count). The molecule has 1 aliphatic heterocycles. The Morgan fingerprint density at radius 2 is 2.12 bits per heavy atom. The van der Waals surface area contributed by atoms with Crippen LogP contribution in [0.5, 0.6) is 5.75 Å². The number of hydrogen-bond donors (Lipinski definition) is 1. The number of hydrogen-bond acceptors (Lipinski definition) is 5. The summed E-state index contributed by atoms with van der Waals surface area (Å²) in [5.74, 6) is 0.294. The van der Waals surface area contributed by atoms with Gasteiger partial charge >= 0.3 is 0 Å². The van der Waals surface area contributed by atoms with Gasteiger partial charge in [0.15, 0.2) is 0 Å². The highest BCUT2D eigenvalue weighted by Gasteiger charge is 2.36. The van der Waals surface area contributed by atoms with Crippen molar-refractivity contribution in [3.63, 3.8) is 0 Å². The fourth-order valence-electron chi connectivity index (χ4n) is 2.76. The van der Waals surface area contributed by atoms with Crippen LogP contribution >= 0.6 is 11.6 Å². The van der Waals surface area contributed by atoms with Gasteiger partial charge in [-0.15, -0.1) is 0 Å². The van der Waals surface area contributed by atoms with Crippen LogP contribution < -0.4 is 10.1 Å². The number of nitrogens with one attached hydrogen (secondary N) is 1.